The maximum Gasteiger partial charge on any atom is 0.283 e. The molecule has 0 atom stereocenters. The minimum absolute atomic E-state index is 0.286. The highest BCUT2D eigenvalue weighted by atomic mass is 32.2. The number of hydrogen-bond donors (Lipinski definition) is 2. The Bertz CT molecular complexity index is 1190. The van der Waals surface area contributed by atoms with Crippen molar-refractivity contribution in [3.8, 4) is 0 Å². The highest BCUT2D eigenvalue weighted by Crippen LogP contribution is 2.25. The molecule has 0 bridgehead atoms. The average Bonchev–Trinajstić information content (AvgIpc) is 2.88. The zero-order chi connectivity index (χ0) is 23.8. The van der Waals surface area contributed by atoms with Crippen LogP contribution in [0.2, 0.25) is 0 Å². The Balaban J connectivity index is 1.43. The molecule has 3 aromatic rings. The Kier molecular flexibility index (Phi) is 7.87. The number of fused-ring (bicyclic) bond motifs is 1. The van der Waals surface area contributed by atoms with E-state index in [9.17, 15) is 9.59 Å². The van der Waals surface area contributed by atoms with Crippen LogP contribution < -0.4 is 15.5 Å². The number of benzene rings is 1. The SMILES string of the molecule is CNC(=O)S/C(C=O)=C\c1ccnc(N2CCc3ccc(NCCc4ccccn4)cc3C2)n1. The number of carbonyl (C=O) groups is 2. The molecular formula is C25H26N6O2S. The first-order valence-corrected chi connectivity index (χ1v) is 11.9. The lowest BCUT2D eigenvalue weighted by molar-refractivity contribution is -0.104. The van der Waals surface area contributed by atoms with Crippen molar-refractivity contribution in [2.45, 2.75) is 19.4 Å². The van der Waals surface area contributed by atoms with Gasteiger partial charge in [-0.15, -0.1) is 0 Å². The molecule has 0 aliphatic carbocycles. The van der Waals surface area contributed by atoms with Crippen LogP contribution in [0.4, 0.5) is 16.4 Å². The number of rotatable bonds is 8. The van der Waals surface area contributed by atoms with E-state index in [1.807, 2.05) is 24.4 Å². The first kappa shape index (κ1) is 23.4. The van der Waals surface area contributed by atoms with Gasteiger partial charge in [-0.3, -0.25) is 14.6 Å². The number of aldehydes is 1. The van der Waals surface area contributed by atoms with Gasteiger partial charge < -0.3 is 15.5 Å². The summed E-state index contributed by atoms with van der Waals surface area (Å²) in [4.78, 5) is 38.7. The number of carbonyl (C=O) groups excluding carboxylic acids is 2. The van der Waals surface area contributed by atoms with Gasteiger partial charge in [-0.1, -0.05) is 12.1 Å². The van der Waals surface area contributed by atoms with Crippen molar-refractivity contribution >= 4 is 41.0 Å². The monoisotopic (exact) mass is 474 g/mol. The fourth-order valence-electron chi connectivity index (χ4n) is 3.70. The topological polar surface area (TPSA) is 100 Å². The maximum absolute atomic E-state index is 11.6. The number of pyridine rings is 1. The molecule has 3 heterocycles. The molecule has 1 aliphatic heterocycles. The molecule has 4 rings (SSSR count). The van der Waals surface area contributed by atoms with Crippen LogP contribution >= 0.6 is 11.8 Å². The summed E-state index contributed by atoms with van der Waals surface area (Å²) in [7, 11) is 1.52. The molecule has 0 radical (unpaired) electrons. The summed E-state index contributed by atoms with van der Waals surface area (Å²) in [5.41, 5.74) is 5.29. The number of allylic oxidation sites excluding steroid dienone is 1. The summed E-state index contributed by atoms with van der Waals surface area (Å²) >= 11 is 0.836. The van der Waals surface area contributed by atoms with Gasteiger partial charge >= 0.3 is 0 Å². The Morgan fingerprint density at radius 1 is 1.15 bits per heavy atom. The van der Waals surface area contributed by atoms with Crippen LogP contribution in [0, 0.1) is 0 Å². The minimum atomic E-state index is -0.301. The van der Waals surface area contributed by atoms with Crippen LogP contribution in [0.25, 0.3) is 6.08 Å². The number of nitrogens with one attached hydrogen (secondary N) is 2. The van der Waals surface area contributed by atoms with Crippen molar-refractivity contribution in [1.29, 1.82) is 0 Å². The molecule has 1 aliphatic rings. The van der Waals surface area contributed by atoms with E-state index in [-0.39, 0.29) is 10.1 Å². The van der Waals surface area contributed by atoms with Gasteiger partial charge in [0.25, 0.3) is 5.24 Å². The number of hydrogen-bond acceptors (Lipinski definition) is 8. The number of amides is 1. The van der Waals surface area contributed by atoms with Crippen molar-refractivity contribution in [1.82, 2.24) is 20.3 Å². The number of thioether (sulfide) groups is 1. The number of nitrogens with zero attached hydrogens (tertiary/aromatic N) is 4. The Morgan fingerprint density at radius 2 is 2.06 bits per heavy atom. The van der Waals surface area contributed by atoms with Crippen LogP contribution in [0.3, 0.4) is 0 Å². The van der Waals surface area contributed by atoms with Crippen LogP contribution in [0.15, 0.2) is 59.8 Å². The zero-order valence-electron chi connectivity index (χ0n) is 18.9. The van der Waals surface area contributed by atoms with Crippen LogP contribution in [-0.2, 0) is 24.2 Å². The summed E-state index contributed by atoms with van der Waals surface area (Å²) in [6.07, 6.45) is 7.50. The lowest BCUT2D eigenvalue weighted by atomic mass is 9.99. The molecule has 9 heteroatoms. The van der Waals surface area contributed by atoms with Gasteiger partial charge in [0.05, 0.1) is 10.6 Å². The lowest BCUT2D eigenvalue weighted by Gasteiger charge is -2.29. The van der Waals surface area contributed by atoms with Crippen molar-refractivity contribution in [3.05, 3.63) is 82.3 Å². The van der Waals surface area contributed by atoms with Gasteiger partial charge in [0.1, 0.15) is 0 Å². The molecule has 34 heavy (non-hydrogen) atoms. The summed E-state index contributed by atoms with van der Waals surface area (Å²) in [5, 5.41) is 5.68. The van der Waals surface area contributed by atoms with E-state index in [0.717, 1.165) is 49.1 Å². The highest BCUT2D eigenvalue weighted by molar-refractivity contribution is 8.17. The normalized spacial score (nSPS) is 13.2. The fourth-order valence-corrected chi connectivity index (χ4v) is 4.25. The standard InChI is InChI=1S/C25H26N6O2S/c1-26-25(33)34-23(17-32)15-22-8-12-29-24(30-22)31-13-9-18-5-6-21(14-19(18)16-31)28-11-7-20-4-2-3-10-27-20/h2-6,8,10,12,14-15,17,28H,7,9,11,13,16H2,1H3,(H,26,33)/b23-15-. The smallest absolute Gasteiger partial charge is 0.283 e. The predicted octanol–water partition coefficient (Wildman–Crippen LogP) is 3.70. The first-order chi connectivity index (χ1) is 16.6. The van der Waals surface area contributed by atoms with Crippen molar-refractivity contribution < 1.29 is 9.59 Å². The molecule has 0 unspecified atom stereocenters. The van der Waals surface area contributed by atoms with Crippen LogP contribution in [0.5, 0.6) is 0 Å². The Hall–Kier alpha value is -3.72. The van der Waals surface area contributed by atoms with Crippen molar-refractivity contribution in [2.75, 3.05) is 30.4 Å². The van der Waals surface area contributed by atoms with E-state index in [2.05, 4.69) is 48.7 Å². The van der Waals surface area contributed by atoms with Gasteiger partial charge in [-0.05, 0) is 65.7 Å². The van der Waals surface area contributed by atoms with E-state index in [4.69, 9.17) is 0 Å². The molecule has 1 amide bonds. The minimum Gasteiger partial charge on any atom is -0.385 e. The van der Waals surface area contributed by atoms with E-state index in [1.54, 1.807) is 18.3 Å². The lowest BCUT2D eigenvalue weighted by Crippen LogP contribution is -2.31. The largest absolute Gasteiger partial charge is 0.385 e. The highest BCUT2D eigenvalue weighted by Gasteiger charge is 2.19. The molecule has 0 saturated heterocycles. The molecule has 0 fully saturated rings. The molecule has 1 aromatic carbocycles. The summed E-state index contributed by atoms with van der Waals surface area (Å²) in [6, 6.07) is 14.2. The second-order valence-electron chi connectivity index (χ2n) is 7.74. The van der Waals surface area contributed by atoms with Crippen molar-refractivity contribution in [3.63, 3.8) is 0 Å². The zero-order valence-corrected chi connectivity index (χ0v) is 19.7. The summed E-state index contributed by atoms with van der Waals surface area (Å²) in [5.74, 6) is 0.600. The Morgan fingerprint density at radius 3 is 2.85 bits per heavy atom. The summed E-state index contributed by atoms with van der Waals surface area (Å²) < 4.78 is 0. The maximum atomic E-state index is 11.6. The van der Waals surface area contributed by atoms with Crippen molar-refractivity contribution in [2.24, 2.45) is 0 Å². The predicted molar refractivity (Wildman–Crippen MR) is 136 cm³/mol. The quantitative estimate of drug-likeness (QED) is 0.377. The second-order valence-corrected chi connectivity index (χ2v) is 8.78. The number of anilines is 2. The average molecular weight is 475 g/mol. The molecule has 0 saturated carbocycles. The van der Waals surface area contributed by atoms with E-state index in [0.29, 0.717) is 24.5 Å². The van der Waals surface area contributed by atoms with Gasteiger partial charge in [-0.2, -0.15) is 0 Å². The van der Waals surface area contributed by atoms with E-state index in [1.165, 1.54) is 18.2 Å². The summed E-state index contributed by atoms with van der Waals surface area (Å²) in [6.45, 7) is 2.32. The fraction of sp³-hybridized carbons (Fsp3) is 0.240. The Labute approximate surface area is 202 Å². The van der Waals surface area contributed by atoms with Gasteiger partial charge in [0.2, 0.25) is 5.95 Å². The van der Waals surface area contributed by atoms with Gasteiger partial charge in [-0.25, -0.2) is 9.97 Å². The van der Waals surface area contributed by atoms with Gasteiger partial charge in [0, 0.05) is 56.9 Å². The molecular weight excluding hydrogens is 448 g/mol. The number of aromatic nitrogens is 3. The van der Waals surface area contributed by atoms with E-state index >= 15 is 0 Å². The molecule has 8 nitrogen and oxygen atoms in total. The third-order valence-electron chi connectivity index (χ3n) is 5.42. The molecule has 2 aromatic heterocycles. The molecule has 2 N–H and O–H groups in total. The second kappa shape index (κ2) is 11.4. The third-order valence-corrected chi connectivity index (χ3v) is 6.26. The molecule has 0 spiro atoms. The van der Waals surface area contributed by atoms with Gasteiger partial charge in [0.15, 0.2) is 6.29 Å². The first-order valence-electron chi connectivity index (χ1n) is 11.0. The van der Waals surface area contributed by atoms with Crippen LogP contribution in [0.1, 0.15) is 22.5 Å². The third kappa shape index (κ3) is 6.20. The van der Waals surface area contributed by atoms with Crippen LogP contribution in [-0.4, -0.2) is 46.6 Å². The van der Waals surface area contributed by atoms with E-state index < -0.39 is 0 Å². The molecule has 174 valence electrons.